The number of nitrogens with zero attached hydrogens (tertiary/aromatic N) is 4. The molecular formula is C11H15ClN6O2S. The van der Waals surface area contributed by atoms with Crippen LogP contribution in [0.1, 0.15) is 13.8 Å². The van der Waals surface area contributed by atoms with Crippen LogP contribution in [0.5, 0.6) is 0 Å². The summed E-state index contributed by atoms with van der Waals surface area (Å²) in [6.45, 7) is 3.73. The molecule has 3 N–H and O–H groups in total. The number of hydrogen-bond donors (Lipinski definition) is 2. The van der Waals surface area contributed by atoms with Gasteiger partial charge in [0.25, 0.3) is 0 Å². The van der Waals surface area contributed by atoms with E-state index in [0.29, 0.717) is 0 Å². The van der Waals surface area contributed by atoms with Crippen molar-refractivity contribution in [2.75, 3.05) is 17.3 Å². The third kappa shape index (κ3) is 3.24. The molecule has 114 valence electrons. The number of aromatic nitrogens is 4. The molecule has 0 aromatic carbocycles. The molecule has 21 heavy (non-hydrogen) atoms. The van der Waals surface area contributed by atoms with Gasteiger partial charge in [0, 0.05) is 12.3 Å². The van der Waals surface area contributed by atoms with Crippen LogP contribution in [0.4, 0.5) is 11.6 Å². The first kappa shape index (κ1) is 15.5. The molecule has 0 unspecified atom stereocenters. The van der Waals surface area contributed by atoms with Crippen LogP contribution in [0.2, 0.25) is 5.15 Å². The smallest absolute Gasteiger partial charge is 0.182 e. The predicted molar refractivity (Wildman–Crippen MR) is 80.4 cm³/mol. The van der Waals surface area contributed by atoms with E-state index in [4.69, 9.17) is 17.3 Å². The Kier molecular flexibility index (Phi) is 4.06. The number of nitrogens with two attached hydrogens (primary N) is 1. The second-order valence-electron chi connectivity index (χ2n) is 4.76. The number of nitrogen functional groups attached to an aromatic ring is 1. The van der Waals surface area contributed by atoms with Crippen LogP contribution in [-0.4, -0.2) is 40.7 Å². The van der Waals surface area contributed by atoms with E-state index in [1.165, 1.54) is 10.7 Å². The monoisotopic (exact) mass is 330 g/mol. The van der Waals surface area contributed by atoms with Gasteiger partial charge in [0.2, 0.25) is 0 Å². The molecule has 2 aromatic heterocycles. The Balaban J connectivity index is 2.64. The quantitative estimate of drug-likeness (QED) is 0.862. The Morgan fingerprint density at radius 3 is 2.48 bits per heavy atom. The van der Waals surface area contributed by atoms with Crippen LogP contribution >= 0.6 is 11.6 Å². The predicted octanol–water partition coefficient (Wildman–Crippen LogP) is 1.12. The molecular weight excluding hydrogens is 316 g/mol. The van der Waals surface area contributed by atoms with Crippen LogP contribution in [-0.2, 0) is 9.84 Å². The molecule has 0 saturated heterocycles. The van der Waals surface area contributed by atoms with Gasteiger partial charge in [0.1, 0.15) is 5.82 Å². The number of rotatable bonds is 4. The fraction of sp³-hybridized carbons (Fsp3) is 0.364. The van der Waals surface area contributed by atoms with Crippen molar-refractivity contribution < 1.29 is 8.42 Å². The molecule has 0 aliphatic carbocycles. The lowest BCUT2D eigenvalue weighted by Crippen LogP contribution is -2.13. The summed E-state index contributed by atoms with van der Waals surface area (Å²) < 4.78 is 25.1. The third-order valence-corrected chi connectivity index (χ3v) is 3.85. The van der Waals surface area contributed by atoms with E-state index in [9.17, 15) is 8.42 Å². The molecule has 0 saturated carbocycles. The highest BCUT2D eigenvalue weighted by Gasteiger charge is 2.25. The van der Waals surface area contributed by atoms with Crippen LogP contribution < -0.4 is 11.1 Å². The average Bonchev–Trinajstić information content (AvgIpc) is 2.66. The summed E-state index contributed by atoms with van der Waals surface area (Å²) >= 11 is 5.67. The number of nitrogens with one attached hydrogen (secondary N) is 1. The summed E-state index contributed by atoms with van der Waals surface area (Å²) in [5.74, 6) is 0.428. The number of halogens is 1. The highest BCUT2D eigenvalue weighted by molar-refractivity contribution is 7.91. The normalized spacial score (nSPS) is 11.9. The van der Waals surface area contributed by atoms with Gasteiger partial charge in [-0.3, -0.25) is 0 Å². The maximum absolute atomic E-state index is 11.9. The fourth-order valence-electron chi connectivity index (χ4n) is 1.75. The van der Waals surface area contributed by atoms with Crippen molar-refractivity contribution in [2.45, 2.75) is 24.8 Å². The van der Waals surface area contributed by atoms with Crippen LogP contribution in [0.15, 0.2) is 17.0 Å². The van der Waals surface area contributed by atoms with Crippen molar-refractivity contribution >= 4 is 33.1 Å². The van der Waals surface area contributed by atoms with Gasteiger partial charge in [-0.05, 0) is 26.0 Å². The molecule has 0 amide bonds. The number of hydrogen-bond acceptors (Lipinski definition) is 7. The van der Waals surface area contributed by atoms with Gasteiger partial charge < -0.3 is 11.1 Å². The minimum atomic E-state index is -3.55. The van der Waals surface area contributed by atoms with Crippen LogP contribution in [0.25, 0.3) is 5.82 Å². The van der Waals surface area contributed by atoms with Crippen molar-refractivity contribution in [3.63, 3.8) is 0 Å². The van der Waals surface area contributed by atoms with Gasteiger partial charge in [-0.15, -0.1) is 15.3 Å². The summed E-state index contributed by atoms with van der Waals surface area (Å²) in [5, 5.41) is 14.9. The molecule has 2 rings (SSSR count). The van der Waals surface area contributed by atoms with E-state index < -0.39 is 9.84 Å². The SMILES string of the molecule is CC(C)Nc1nn(-c2ccc(Cl)nn2)c(N)c1S(C)(=O)=O. The molecule has 2 aromatic rings. The van der Waals surface area contributed by atoms with Gasteiger partial charge in [-0.2, -0.15) is 4.68 Å². The second kappa shape index (κ2) is 5.49. The topological polar surface area (TPSA) is 116 Å². The first-order valence-corrected chi connectivity index (χ1v) is 8.31. The fourth-order valence-corrected chi connectivity index (χ4v) is 2.76. The molecule has 0 aliphatic heterocycles. The molecule has 2 heterocycles. The average molecular weight is 331 g/mol. The zero-order valence-electron chi connectivity index (χ0n) is 11.7. The molecule has 0 bridgehead atoms. The first-order valence-electron chi connectivity index (χ1n) is 6.05. The van der Waals surface area contributed by atoms with Crippen molar-refractivity contribution in [1.82, 2.24) is 20.0 Å². The Labute approximate surface area is 127 Å². The number of anilines is 2. The van der Waals surface area contributed by atoms with Crippen molar-refractivity contribution in [1.29, 1.82) is 0 Å². The van der Waals surface area contributed by atoms with Gasteiger partial charge >= 0.3 is 0 Å². The molecule has 0 aliphatic rings. The Morgan fingerprint density at radius 2 is 2.00 bits per heavy atom. The highest BCUT2D eigenvalue weighted by atomic mass is 35.5. The minimum absolute atomic E-state index is 0.00967. The van der Waals surface area contributed by atoms with Gasteiger partial charge in [-0.25, -0.2) is 8.42 Å². The lowest BCUT2D eigenvalue weighted by Gasteiger charge is -2.07. The summed E-state index contributed by atoms with van der Waals surface area (Å²) in [6, 6.07) is 3.05. The van der Waals surface area contributed by atoms with Gasteiger partial charge in [0.05, 0.1) is 0 Å². The molecule has 8 nitrogen and oxygen atoms in total. The van der Waals surface area contributed by atoms with Crippen LogP contribution in [0.3, 0.4) is 0 Å². The van der Waals surface area contributed by atoms with Crippen molar-refractivity contribution in [3.05, 3.63) is 17.3 Å². The second-order valence-corrected chi connectivity index (χ2v) is 7.10. The largest absolute Gasteiger partial charge is 0.382 e. The standard InChI is InChI=1S/C11H15ClN6O2S/c1-6(2)14-11-9(21(3,19)20)10(13)18(17-11)8-5-4-7(12)15-16-8/h4-6H,13H2,1-3H3,(H,14,17). The van der Waals surface area contributed by atoms with Crippen molar-refractivity contribution in [3.8, 4) is 5.82 Å². The first-order chi connectivity index (χ1) is 9.70. The Morgan fingerprint density at radius 1 is 1.33 bits per heavy atom. The molecule has 0 spiro atoms. The lowest BCUT2D eigenvalue weighted by atomic mass is 10.4. The van der Waals surface area contributed by atoms with Crippen LogP contribution in [0, 0.1) is 0 Å². The van der Waals surface area contributed by atoms with E-state index in [2.05, 4.69) is 20.6 Å². The lowest BCUT2D eigenvalue weighted by molar-refractivity contribution is 0.602. The summed E-state index contributed by atoms with van der Waals surface area (Å²) in [4.78, 5) is -0.0621. The maximum atomic E-state index is 11.9. The van der Waals surface area contributed by atoms with Gasteiger partial charge in [-0.1, -0.05) is 11.6 Å². The molecule has 0 radical (unpaired) electrons. The maximum Gasteiger partial charge on any atom is 0.182 e. The zero-order valence-corrected chi connectivity index (χ0v) is 13.3. The molecule has 0 atom stereocenters. The Hall–Kier alpha value is -1.87. The molecule has 0 fully saturated rings. The van der Waals surface area contributed by atoms with Crippen molar-refractivity contribution in [2.24, 2.45) is 0 Å². The summed E-state index contributed by atoms with van der Waals surface area (Å²) in [7, 11) is -3.55. The summed E-state index contributed by atoms with van der Waals surface area (Å²) in [6.07, 6.45) is 1.07. The van der Waals surface area contributed by atoms with E-state index in [0.717, 1.165) is 6.26 Å². The Bertz CT molecular complexity index is 754. The van der Waals surface area contributed by atoms with E-state index in [1.54, 1.807) is 6.07 Å². The minimum Gasteiger partial charge on any atom is -0.382 e. The highest BCUT2D eigenvalue weighted by Crippen LogP contribution is 2.29. The van der Waals surface area contributed by atoms with E-state index in [1.807, 2.05) is 13.8 Å². The zero-order chi connectivity index (χ0) is 15.8. The third-order valence-electron chi connectivity index (χ3n) is 2.51. The van der Waals surface area contributed by atoms with E-state index >= 15 is 0 Å². The summed E-state index contributed by atoms with van der Waals surface area (Å²) in [5.41, 5.74) is 5.92. The van der Waals surface area contributed by atoms with Gasteiger partial charge in [0.15, 0.2) is 31.5 Å². The number of sulfone groups is 1. The molecule has 10 heteroatoms. The van der Waals surface area contributed by atoms with E-state index in [-0.39, 0.29) is 33.5 Å².